The first-order valence-corrected chi connectivity index (χ1v) is 7.24. The van der Waals surface area contributed by atoms with Gasteiger partial charge in [-0.1, -0.05) is 20.8 Å². The first-order valence-electron chi connectivity index (χ1n) is 4.94. The smallest absolute Gasteiger partial charge is 0.250 e. The molecule has 0 fully saturated rings. The standard InChI is InChI=1S/C10H17NO3S2/c1-10(2,3)7-11-16(13,14)9-5-4-8(6-12)15-9/h4-5,11-12H,6-7H2,1-3H3. The number of aliphatic hydroxyl groups is 1. The van der Waals surface area contributed by atoms with E-state index in [-0.39, 0.29) is 16.2 Å². The minimum atomic E-state index is -3.43. The number of nitrogens with one attached hydrogen (secondary N) is 1. The van der Waals surface area contributed by atoms with E-state index in [4.69, 9.17) is 5.11 Å². The third kappa shape index (κ3) is 3.86. The minimum Gasteiger partial charge on any atom is -0.391 e. The number of aliphatic hydroxyl groups excluding tert-OH is 1. The Kier molecular flexibility index (Phi) is 4.12. The average molecular weight is 263 g/mol. The first kappa shape index (κ1) is 13.6. The quantitative estimate of drug-likeness (QED) is 0.866. The zero-order valence-corrected chi connectivity index (χ0v) is 11.3. The van der Waals surface area contributed by atoms with Crippen molar-refractivity contribution in [3.8, 4) is 0 Å². The SMILES string of the molecule is CC(C)(C)CNS(=O)(=O)c1ccc(CO)s1. The second-order valence-corrected chi connectivity index (χ2v) is 7.93. The second-order valence-electron chi connectivity index (χ2n) is 4.76. The van der Waals surface area contributed by atoms with Gasteiger partial charge in [-0.05, 0) is 17.5 Å². The van der Waals surface area contributed by atoms with Crippen molar-refractivity contribution in [2.24, 2.45) is 5.41 Å². The summed E-state index contributed by atoms with van der Waals surface area (Å²) < 4.78 is 26.5. The van der Waals surface area contributed by atoms with Crippen molar-refractivity contribution in [2.45, 2.75) is 31.6 Å². The maximum Gasteiger partial charge on any atom is 0.250 e. The first-order chi connectivity index (χ1) is 7.24. The molecular weight excluding hydrogens is 246 g/mol. The summed E-state index contributed by atoms with van der Waals surface area (Å²) in [6, 6.07) is 3.14. The molecule has 0 aliphatic heterocycles. The molecule has 0 saturated carbocycles. The Morgan fingerprint density at radius 1 is 1.38 bits per heavy atom. The largest absolute Gasteiger partial charge is 0.391 e. The molecule has 1 aromatic heterocycles. The van der Waals surface area contributed by atoms with Crippen molar-refractivity contribution in [2.75, 3.05) is 6.54 Å². The highest BCUT2D eigenvalue weighted by Crippen LogP contribution is 2.22. The predicted octanol–water partition coefficient (Wildman–Crippen LogP) is 1.56. The average Bonchev–Trinajstić information content (AvgIpc) is 2.62. The lowest BCUT2D eigenvalue weighted by molar-refractivity contribution is 0.285. The molecule has 2 N–H and O–H groups in total. The molecule has 0 spiro atoms. The zero-order chi connectivity index (χ0) is 12.4. The normalized spacial score (nSPS) is 13.0. The summed E-state index contributed by atoms with van der Waals surface area (Å²) in [5.74, 6) is 0. The monoisotopic (exact) mass is 263 g/mol. The fourth-order valence-electron chi connectivity index (χ4n) is 0.970. The Hall–Kier alpha value is -0.430. The maximum absolute atomic E-state index is 11.8. The van der Waals surface area contributed by atoms with Crippen LogP contribution in [0, 0.1) is 5.41 Å². The van der Waals surface area contributed by atoms with Crippen molar-refractivity contribution >= 4 is 21.4 Å². The van der Waals surface area contributed by atoms with Gasteiger partial charge < -0.3 is 5.11 Å². The molecule has 0 bridgehead atoms. The number of hydrogen-bond donors (Lipinski definition) is 2. The summed E-state index contributed by atoms with van der Waals surface area (Å²) in [6.45, 7) is 6.15. The minimum absolute atomic E-state index is 0.0931. The Morgan fingerprint density at radius 3 is 2.44 bits per heavy atom. The van der Waals surface area contributed by atoms with Crippen LogP contribution in [0.4, 0.5) is 0 Å². The fourth-order valence-corrected chi connectivity index (χ4v) is 3.51. The predicted molar refractivity (Wildman–Crippen MR) is 64.9 cm³/mol. The number of thiophene rings is 1. The van der Waals surface area contributed by atoms with E-state index in [2.05, 4.69) is 4.72 Å². The van der Waals surface area contributed by atoms with Gasteiger partial charge in [0.2, 0.25) is 10.0 Å². The van der Waals surface area contributed by atoms with Crippen molar-refractivity contribution < 1.29 is 13.5 Å². The van der Waals surface area contributed by atoms with Crippen LogP contribution in [0.2, 0.25) is 0 Å². The Bertz CT molecular complexity index is 443. The van der Waals surface area contributed by atoms with Gasteiger partial charge in [-0.15, -0.1) is 11.3 Å². The van der Waals surface area contributed by atoms with E-state index < -0.39 is 10.0 Å². The molecule has 1 rings (SSSR count). The second kappa shape index (κ2) is 4.83. The van der Waals surface area contributed by atoms with Crippen LogP contribution in [-0.2, 0) is 16.6 Å². The van der Waals surface area contributed by atoms with Gasteiger partial charge in [-0.25, -0.2) is 13.1 Å². The highest BCUT2D eigenvalue weighted by Gasteiger charge is 2.19. The van der Waals surface area contributed by atoms with Gasteiger partial charge in [-0.3, -0.25) is 0 Å². The van der Waals surface area contributed by atoms with Crippen LogP contribution in [0.25, 0.3) is 0 Å². The molecule has 1 aromatic rings. The maximum atomic E-state index is 11.8. The lowest BCUT2D eigenvalue weighted by Crippen LogP contribution is -2.31. The summed E-state index contributed by atoms with van der Waals surface area (Å²) in [7, 11) is -3.43. The van der Waals surface area contributed by atoms with E-state index in [0.29, 0.717) is 11.4 Å². The topological polar surface area (TPSA) is 66.4 Å². The third-order valence-electron chi connectivity index (χ3n) is 1.85. The van der Waals surface area contributed by atoms with Crippen LogP contribution in [0.15, 0.2) is 16.3 Å². The molecule has 0 aromatic carbocycles. The fraction of sp³-hybridized carbons (Fsp3) is 0.600. The molecule has 92 valence electrons. The lowest BCUT2D eigenvalue weighted by Gasteiger charge is -2.18. The zero-order valence-electron chi connectivity index (χ0n) is 9.65. The lowest BCUT2D eigenvalue weighted by atomic mass is 9.98. The van der Waals surface area contributed by atoms with E-state index in [0.717, 1.165) is 11.3 Å². The summed E-state index contributed by atoms with van der Waals surface area (Å²) in [5.41, 5.74) is -0.0931. The molecule has 0 radical (unpaired) electrons. The molecule has 1 heterocycles. The third-order valence-corrected chi connectivity index (χ3v) is 4.81. The van der Waals surface area contributed by atoms with E-state index in [1.165, 1.54) is 6.07 Å². The summed E-state index contributed by atoms with van der Waals surface area (Å²) in [6.07, 6.45) is 0. The molecule has 0 atom stereocenters. The summed E-state index contributed by atoms with van der Waals surface area (Å²) >= 11 is 1.09. The van der Waals surface area contributed by atoms with E-state index in [1.807, 2.05) is 20.8 Å². The van der Waals surface area contributed by atoms with Crippen molar-refractivity contribution in [3.05, 3.63) is 17.0 Å². The Labute approximate surface area is 100 Å². The van der Waals surface area contributed by atoms with Crippen LogP contribution < -0.4 is 4.72 Å². The van der Waals surface area contributed by atoms with Crippen molar-refractivity contribution in [1.82, 2.24) is 4.72 Å². The van der Waals surface area contributed by atoms with Crippen LogP contribution >= 0.6 is 11.3 Å². The summed E-state index contributed by atoms with van der Waals surface area (Å²) in [5, 5.41) is 8.87. The highest BCUT2D eigenvalue weighted by atomic mass is 32.2. The van der Waals surface area contributed by atoms with Gasteiger partial charge in [0.1, 0.15) is 4.21 Å². The molecule has 4 nitrogen and oxygen atoms in total. The molecular formula is C10H17NO3S2. The highest BCUT2D eigenvalue weighted by molar-refractivity contribution is 7.91. The van der Waals surface area contributed by atoms with Gasteiger partial charge in [0.15, 0.2) is 0 Å². The Morgan fingerprint density at radius 2 is 2.00 bits per heavy atom. The van der Waals surface area contributed by atoms with Crippen LogP contribution in [0.1, 0.15) is 25.6 Å². The summed E-state index contributed by atoms with van der Waals surface area (Å²) in [4.78, 5) is 0.649. The molecule has 6 heteroatoms. The molecule has 0 unspecified atom stereocenters. The van der Waals surface area contributed by atoms with Crippen LogP contribution in [-0.4, -0.2) is 20.1 Å². The van der Waals surface area contributed by atoms with Gasteiger partial charge in [0, 0.05) is 11.4 Å². The van der Waals surface area contributed by atoms with Gasteiger partial charge in [0.05, 0.1) is 6.61 Å². The van der Waals surface area contributed by atoms with E-state index in [9.17, 15) is 8.42 Å². The molecule has 0 aliphatic carbocycles. The molecule has 0 saturated heterocycles. The number of rotatable bonds is 4. The molecule has 0 amide bonds. The van der Waals surface area contributed by atoms with E-state index in [1.54, 1.807) is 6.07 Å². The van der Waals surface area contributed by atoms with Crippen LogP contribution in [0.3, 0.4) is 0 Å². The Balaban J connectivity index is 2.78. The van der Waals surface area contributed by atoms with Gasteiger partial charge in [0.25, 0.3) is 0 Å². The van der Waals surface area contributed by atoms with Gasteiger partial charge in [-0.2, -0.15) is 0 Å². The van der Waals surface area contributed by atoms with Crippen molar-refractivity contribution in [1.29, 1.82) is 0 Å². The van der Waals surface area contributed by atoms with Gasteiger partial charge >= 0.3 is 0 Å². The van der Waals surface area contributed by atoms with Crippen LogP contribution in [0.5, 0.6) is 0 Å². The number of hydrogen-bond acceptors (Lipinski definition) is 4. The molecule has 0 aliphatic rings. The number of sulfonamides is 1. The molecule has 16 heavy (non-hydrogen) atoms. The van der Waals surface area contributed by atoms with E-state index >= 15 is 0 Å². The van der Waals surface area contributed by atoms with Crippen molar-refractivity contribution in [3.63, 3.8) is 0 Å².